The lowest BCUT2D eigenvalue weighted by Crippen LogP contribution is -2.32. The molecule has 1 aliphatic rings. The first kappa shape index (κ1) is 17.2. The zero-order valence-corrected chi connectivity index (χ0v) is 15.5. The first-order valence-electron chi connectivity index (χ1n) is 8.43. The van der Waals surface area contributed by atoms with E-state index in [0.717, 1.165) is 23.4 Å². The molecule has 0 unspecified atom stereocenters. The maximum Gasteiger partial charge on any atom is 0.178 e. The summed E-state index contributed by atoms with van der Waals surface area (Å²) in [7, 11) is -1.19. The van der Waals surface area contributed by atoms with E-state index in [2.05, 4.69) is 24.3 Å². The van der Waals surface area contributed by atoms with Gasteiger partial charge in [-0.25, -0.2) is 8.42 Å². The van der Waals surface area contributed by atoms with Gasteiger partial charge in [0.2, 0.25) is 0 Å². The Morgan fingerprint density at radius 3 is 2.67 bits per heavy atom. The average Bonchev–Trinajstić information content (AvgIpc) is 2.80. The van der Waals surface area contributed by atoms with Crippen LogP contribution in [-0.2, 0) is 16.9 Å². The maximum atomic E-state index is 12.3. The Morgan fingerprint density at radius 1 is 1.33 bits per heavy atom. The van der Waals surface area contributed by atoms with Crippen LogP contribution in [-0.4, -0.2) is 24.0 Å². The number of hydrogen-bond acceptors (Lipinski definition) is 4. The van der Waals surface area contributed by atoms with Gasteiger partial charge in [0.1, 0.15) is 0 Å². The van der Waals surface area contributed by atoms with Crippen LogP contribution >= 0.6 is 0 Å². The Morgan fingerprint density at radius 2 is 2.04 bits per heavy atom. The van der Waals surface area contributed by atoms with Crippen LogP contribution in [0.5, 0.6) is 0 Å². The van der Waals surface area contributed by atoms with Gasteiger partial charge in [0, 0.05) is 30.4 Å². The molecule has 1 aromatic carbocycles. The van der Waals surface area contributed by atoms with Crippen molar-refractivity contribution in [3.63, 3.8) is 0 Å². The molecule has 6 heteroatoms. The third-order valence-corrected chi connectivity index (χ3v) is 6.84. The summed E-state index contributed by atoms with van der Waals surface area (Å²) in [6.45, 7) is 6.26. The lowest BCUT2D eigenvalue weighted by molar-refractivity contribution is 0.412. The van der Waals surface area contributed by atoms with Crippen LogP contribution in [0.4, 0.5) is 0 Å². The number of benzene rings is 1. The highest BCUT2D eigenvalue weighted by atomic mass is 32.2. The molecule has 3 rings (SSSR count). The third kappa shape index (κ3) is 2.89. The van der Waals surface area contributed by atoms with E-state index in [9.17, 15) is 8.42 Å². The van der Waals surface area contributed by atoms with Gasteiger partial charge in [-0.2, -0.15) is 5.10 Å². The van der Waals surface area contributed by atoms with Gasteiger partial charge in [-0.1, -0.05) is 25.1 Å². The molecule has 0 spiro atoms. The van der Waals surface area contributed by atoms with Crippen LogP contribution in [0.25, 0.3) is 0 Å². The molecule has 130 valence electrons. The standard InChI is InChI=1S/C18H25N3O2S/c1-5-15(18-12(2)20-21(4)13(18)3)19-16-10-11-24(22,23)17-9-7-6-8-14(16)17/h6-9,15-16,19H,5,10-11H2,1-4H3/t15-,16+/m0/s1. The smallest absolute Gasteiger partial charge is 0.178 e. The summed E-state index contributed by atoms with van der Waals surface area (Å²) in [5.74, 6) is 0.198. The molecule has 2 aromatic rings. The van der Waals surface area contributed by atoms with Crippen molar-refractivity contribution in [1.29, 1.82) is 0 Å². The highest BCUT2D eigenvalue weighted by Crippen LogP contribution is 2.35. The van der Waals surface area contributed by atoms with E-state index in [1.54, 1.807) is 12.1 Å². The van der Waals surface area contributed by atoms with Gasteiger partial charge in [-0.3, -0.25) is 4.68 Å². The van der Waals surface area contributed by atoms with Gasteiger partial charge in [-0.15, -0.1) is 0 Å². The van der Waals surface area contributed by atoms with Gasteiger partial charge >= 0.3 is 0 Å². The monoisotopic (exact) mass is 347 g/mol. The summed E-state index contributed by atoms with van der Waals surface area (Å²) >= 11 is 0. The molecule has 1 N–H and O–H groups in total. The van der Waals surface area contributed by atoms with Crippen LogP contribution < -0.4 is 5.32 Å². The fourth-order valence-corrected chi connectivity index (χ4v) is 5.33. The summed E-state index contributed by atoms with van der Waals surface area (Å²) in [6, 6.07) is 7.58. The zero-order valence-electron chi connectivity index (χ0n) is 14.7. The molecular weight excluding hydrogens is 322 g/mol. The molecular formula is C18H25N3O2S. The van der Waals surface area contributed by atoms with E-state index in [1.165, 1.54) is 5.56 Å². The summed E-state index contributed by atoms with van der Waals surface area (Å²) in [5.41, 5.74) is 4.31. The number of sulfone groups is 1. The van der Waals surface area contributed by atoms with Crippen LogP contribution in [0.2, 0.25) is 0 Å². The molecule has 0 bridgehead atoms. The number of hydrogen-bond donors (Lipinski definition) is 1. The van der Waals surface area contributed by atoms with Crippen molar-refractivity contribution in [2.24, 2.45) is 7.05 Å². The number of nitrogens with one attached hydrogen (secondary N) is 1. The van der Waals surface area contributed by atoms with Gasteiger partial charge in [0.15, 0.2) is 9.84 Å². The minimum Gasteiger partial charge on any atom is -0.303 e. The predicted molar refractivity (Wildman–Crippen MR) is 94.7 cm³/mol. The first-order valence-corrected chi connectivity index (χ1v) is 10.1. The lowest BCUT2D eigenvalue weighted by Gasteiger charge is -2.30. The summed E-state index contributed by atoms with van der Waals surface area (Å²) in [6.07, 6.45) is 1.53. The summed E-state index contributed by atoms with van der Waals surface area (Å²) in [5, 5.41) is 8.21. The second-order valence-electron chi connectivity index (χ2n) is 6.53. The van der Waals surface area contributed by atoms with Crippen molar-refractivity contribution in [2.75, 3.05) is 5.75 Å². The molecule has 0 amide bonds. The molecule has 24 heavy (non-hydrogen) atoms. The van der Waals surface area contributed by atoms with E-state index in [-0.39, 0.29) is 17.8 Å². The fraction of sp³-hybridized carbons (Fsp3) is 0.500. The Kier molecular flexibility index (Phi) is 4.53. The molecule has 2 heterocycles. The van der Waals surface area contributed by atoms with E-state index < -0.39 is 9.84 Å². The van der Waals surface area contributed by atoms with Crippen LogP contribution in [0.3, 0.4) is 0 Å². The number of aryl methyl sites for hydroxylation is 2. The van der Waals surface area contributed by atoms with Crippen LogP contribution in [0.15, 0.2) is 29.2 Å². The summed E-state index contributed by atoms with van der Waals surface area (Å²) in [4.78, 5) is 0.475. The minimum absolute atomic E-state index is 0.0497. The van der Waals surface area contributed by atoms with Gasteiger partial charge in [0.25, 0.3) is 0 Å². The highest BCUT2D eigenvalue weighted by Gasteiger charge is 2.32. The maximum absolute atomic E-state index is 12.3. The number of fused-ring (bicyclic) bond motifs is 1. The molecule has 2 atom stereocenters. The number of aromatic nitrogens is 2. The first-order chi connectivity index (χ1) is 11.3. The SMILES string of the molecule is CC[C@H](N[C@@H]1CCS(=O)(=O)c2ccccc21)c1c(C)nn(C)c1C. The van der Waals surface area contributed by atoms with Crippen molar-refractivity contribution < 1.29 is 8.42 Å². The predicted octanol–water partition coefficient (Wildman–Crippen LogP) is 3.00. The molecule has 0 aliphatic carbocycles. The van der Waals surface area contributed by atoms with Crippen molar-refractivity contribution in [3.05, 3.63) is 46.8 Å². The van der Waals surface area contributed by atoms with E-state index in [0.29, 0.717) is 11.3 Å². The second-order valence-corrected chi connectivity index (χ2v) is 8.61. The Balaban J connectivity index is 1.95. The molecule has 0 saturated heterocycles. The van der Waals surface area contributed by atoms with E-state index in [1.807, 2.05) is 30.8 Å². The van der Waals surface area contributed by atoms with Crippen molar-refractivity contribution in [3.8, 4) is 0 Å². The van der Waals surface area contributed by atoms with Crippen molar-refractivity contribution in [2.45, 2.75) is 50.6 Å². The molecule has 1 aromatic heterocycles. The molecule has 0 radical (unpaired) electrons. The topological polar surface area (TPSA) is 64.0 Å². The van der Waals surface area contributed by atoms with Gasteiger partial charge in [-0.05, 0) is 38.3 Å². The summed E-state index contributed by atoms with van der Waals surface area (Å²) < 4.78 is 26.5. The Labute approximate surface area is 144 Å². The Bertz CT molecular complexity index is 855. The second kappa shape index (κ2) is 6.33. The van der Waals surface area contributed by atoms with Crippen LogP contribution in [0, 0.1) is 13.8 Å². The average molecular weight is 347 g/mol. The van der Waals surface area contributed by atoms with Gasteiger partial charge in [0.05, 0.1) is 16.3 Å². The molecule has 0 fully saturated rings. The van der Waals surface area contributed by atoms with Gasteiger partial charge < -0.3 is 5.32 Å². The molecule has 0 saturated carbocycles. The van der Waals surface area contributed by atoms with E-state index in [4.69, 9.17) is 0 Å². The number of rotatable bonds is 4. The number of nitrogens with zero attached hydrogens (tertiary/aromatic N) is 2. The molecule has 5 nitrogen and oxygen atoms in total. The lowest BCUT2D eigenvalue weighted by atomic mass is 9.97. The minimum atomic E-state index is -3.15. The normalized spacial score (nSPS) is 20.6. The fourth-order valence-electron chi connectivity index (χ4n) is 3.71. The van der Waals surface area contributed by atoms with Crippen molar-refractivity contribution >= 4 is 9.84 Å². The zero-order chi connectivity index (χ0) is 17.5. The van der Waals surface area contributed by atoms with Crippen molar-refractivity contribution in [1.82, 2.24) is 15.1 Å². The van der Waals surface area contributed by atoms with E-state index >= 15 is 0 Å². The molecule has 1 aliphatic heterocycles. The quantitative estimate of drug-likeness (QED) is 0.923. The third-order valence-electron chi connectivity index (χ3n) is 5.03. The Hall–Kier alpha value is -1.66. The highest BCUT2D eigenvalue weighted by molar-refractivity contribution is 7.91. The van der Waals surface area contributed by atoms with Crippen LogP contribution in [0.1, 0.15) is 54.4 Å². The largest absolute Gasteiger partial charge is 0.303 e.